The average molecular weight is 651 g/mol. The van der Waals surface area contributed by atoms with Gasteiger partial charge in [-0.25, -0.2) is 0 Å². The third-order valence-corrected chi connectivity index (χ3v) is 10.00. The van der Waals surface area contributed by atoms with Crippen LogP contribution in [0, 0.1) is 23.7 Å². The summed E-state index contributed by atoms with van der Waals surface area (Å²) in [7, 11) is -0.373. The van der Waals surface area contributed by atoms with Crippen LogP contribution in [0.2, 0.25) is 0 Å². The fourth-order valence-corrected chi connectivity index (χ4v) is 7.50. The Morgan fingerprint density at radius 3 is 1.83 bits per heavy atom. The van der Waals surface area contributed by atoms with Crippen LogP contribution < -0.4 is 9.05 Å². The molecule has 46 heavy (non-hydrogen) atoms. The predicted octanol–water partition coefficient (Wildman–Crippen LogP) is 12.5. The van der Waals surface area contributed by atoms with Crippen molar-refractivity contribution >= 4 is 39.6 Å². The summed E-state index contributed by atoms with van der Waals surface area (Å²) in [5.41, 5.74) is 4.48. The van der Waals surface area contributed by atoms with Crippen molar-refractivity contribution in [3.63, 3.8) is 0 Å². The summed E-state index contributed by atoms with van der Waals surface area (Å²) in [6.45, 7) is 13.3. The minimum Gasteiger partial charge on any atom is -0.445 e. The minimum atomic E-state index is -0.195. The molecule has 0 spiro atoms. The SMILES string of the molecule is CC1C=C(OPOc2ccc3ccccc3c2-c2c(OPOC3=C(C(C)C)C=CC(C)C3)ccc3ccccc23)C(C(C)C)=CC1. The molecule has 6 rings (SSSR count). The zero-order valence-corrected chi connectivity index (χ0v) is 29.6. The first kappa shape index (κ1) is 32.4. The first-order valence-corrected chi connectivity index (χ1v) is 18.0. The van der Waals surface area contributed by atoms with Gasteiger partial charge in [0.1, 0.15) is 23.0 Å². The van der Waals surface area contributed by atoms with E-state index >= 15 is 0 Å². The molecular weight excluding hydrogens is 606 g/mol. The molecule has 0 aromatic heterocycles. The monoisotopic (exact) mass is 650 g/mol. The Morgan fingerprint density at radius 1 is 0.652 bits per heavy atom. The second-order valence-electron chi connectivity index (χ2n) is 13.0. The summed E-state index contributed by atoms with van der Waals surface area (Å²) in [5, 5.41) is 4.46. The maximum absolute atomic E-state index is 6.57. The standard InChI is InChI=1S/C40H44O4P2/c1-25(2)31-19-15-27(5)23-37(31)43-45-41-35-21-17-29-11-7-9-13-33(29)39(35)40-34-14-10-8-12-30(34)18-22-36(40)42-46-44-38-24-28(6)16-20-32(38)26(3)4/h7-15,17-22,24-28,45-46H,16,23H2,1-6H3. The van der Waals surface area contributed by atoms with Crippen LogP contribution in [0.15, 0.2) is 120 Å². The van der Waals surface area contributed by atoms with Crippen molar-refractivity contribution in [2.24, 2.45) is 23.7 Å². The molecule has 4 nitrogen and oxygen atoms in total. The van der Waals surface area contributed by atoms with E-state index in [1.54, 1.807) is 0 Å². The van der Waals surface area contributed by atoms with Crippen molar-refractivity contribution in [1.82, 2.24) is 0 Å². The predicted molar refractivity (Wildman–Crippen MR) is 197 cm³/mol. The first-order valence-electron chi connectivity index (χ1n) is 16.3. The van der Waals surface area contributed by atoms with Crippen LogP contribution in [0.3, 0.4) is 0 Å². The lowest BCUT2D eigenvalue weighted by Crippen LogP contribution is -2.07. The van der Waals surface area contributed by atoms with Crippen LogP contribution in [0.5, 0.6) is 11.5 Å². The molecule has 0 amide bonds. The fraction of sp³-hybridized carbons (Fsp3) is 0.300. The van der Waals surface area contributed by atoms with Gasteiger partial charge in [-0.3, -0.25) is 0 Å². The zero-order chi connectivity index (χ0) is 32.2. The highest BCUT2D eigenvalue weighted by Crippen LogP contribution is 2.48. The molecule has 0 aliphatic heterocycles. The lowest BCUT2D eigenvalue weighted by Gasteiger charge is -2.24. The molecule has 2 aliphatic rings. The molecule has 0 saturated heterocycles. The summed E-state index contributed by atoms with van der Waals surface area (Å²) < 4.78 is 25.9. The van der Waals surface area contributed by atoms with Gasteiger partial charge in [-0.1, -0.05) is 120 Å². The second-order valence-corrected chi connectivity index (χ2v) is 14.2. The number of benzene rings is 4. The van der Waals surface area contributed by atoms with Gasteiger partial charge in [-0.2, -0.15) is 0 Å². The van der Waals surface area contributed by atoms with Gasteiger partial charge in [-0.05, 0) is 81.0 Å². The Bertz CT molecular complexity index is 1850. The summed E-state index contributed by atoms with van der Waals surface area (Å²) in [4.78, 5) is 0. The summed E-state index contributed by atoms with van der Waals surface area (Å²) in [6.07, 6.45) is 10.9. The molecule has 238 valence electrons. The van der Waals surface area contributed by atoms with Gasteiger partial charge in [0.05, 0.1) is 0 Å². The molecule has 0 bridgehead atoms. The van der Waals surface area contributed by atoms with E-state index in [0.29, 0.717) is 23.7 Å². The molecule has 4 unspecified atom stereocenters. The molecule has 0 fully saturated rings. The Morgan fingerprint density at radius 2 is 1.24 bits per heavy atom. The third kappa shape index (κ3) is 7.05. The van der Waals surface area contributed by atoms with Crippen molar-refractivity contribution in [3.05, 3.63) is 120 Å². The lowest BCUT2D eigenvalue weighted by molar-refractivity contribution is 0.379. The topological polar surface area (TPSA) is 36.9 Å². The molecule has 0 heterocycles. The highest BCUT2D eigenvalue weighted by molar-refractivity contribution is 7.27. The lowest BCUT2D eigenvalue weighted by atomic mass is 9.91. The molecule has 4 aromatic carbocycles. The Balaban J connectivity index is 1.37. The van der Waals surface area contributed by atoms with Gasteiger partial charge >= 0.3 is 0 Å². The number of rotatable bonds is 11. The maximum atomic E-state index is 6.57. The number of hydrogen-bond donors (Lipinski definition) is 0. The summed E-state index contributed by atoms with van der Waals surface area (Å²) in [6, 6.07) is 25.3. The Hall–Kier alpha value is -3.58. The van der Waals surface area contributed by atoms with E-state index in [9.17, 15) is 0 Å². The highest BCUT2D eigenvalue weighted by Gasteiger charge is 2.22. The minimum absolute atomic E-state index is 0.178. The normalized spacial score (nSPS) is 18.8. The van der Waals surface area contributed by atoms with Gasteiger partial charge in [0, 0.05) is 17.5 Å². The van der Waals surface area contributed by atoms with Crippen molar-refractivity contribution in [2.45, 2.75) is 54.4 Å². The van der Waals surface area contributed by atoms with E-state index in [-0.39, 0.29) is 18.1 Å². The molecule has 6 heteroatoms. The molecule has 0 N–H and O–H groups in total. The molecule has 4 aromatic rings. The molecule has 4 atom stereocenters. The van der Waals surface area contributed by atoms with Crippen LogP contribution in [0.25, 0.3) is 32.7 Å². The van der Waals surface area contributed by atoms with Crippen molar-refractivity contribution in [2.75, 3.05) is 0 Å². The maximum Gasteiger partial charge on any atom is 0.275 e. The van der Waals surface area contributed by atoms with Gasteiger partial charge in [0.15, 0.2) is 0 Å². The highest BCUT2D eigenvalue weighted by atomic mass is 31.1. The van der Waals surface area contributed by atoms with E-state index in [1.165, 1.54) is 11.1 Å². The van der Waals surface area contributed by atoms with Crippen LogP contribution >= 0.6 is 18.1 Å². The van der Waals surface area contributed by atoms with Gasteiger partial charge in [0.25, 0.3) is 18.1 Å². The largest absolute Gasteiger partial charge is 0.445 e. The average Bonchev–Trinajstić information content (AvgIpc) is 3.04. The van der Waals surface area contributed by atoms with Gasteiger partial charge < -0.3 is 18.1 Å². The van der Waals surface area contributed by atoms with E-state index in [1.807, 2.05) is 0 Å². The molecule has 0 radical (unpaired) electrons. The van der Waals surface area contributed by atoms with Gasteiger partial charge in [-0.15, -0.1) is 0 Å². The van der Waals surface area contributed by atoms with Crippen LogP contribution in [0.1, 0.15) is 54.4 Å². The van der Waals surface area contributed by atoms with Crippen LogP contribution in [0.4, 0.5) is 0 Å². The Kier molecular flexibility index (Phi) is 10.2. The zero-order valence-electron chi connectivity index (χ0n) is 27.6. The third-order valence-electron chi connectivity index (χ3n) is 8.76. The second kappa shape index (κ2) is 14.5. The molecule has 0 saturated carbocycles. The number of hydrogen-bond acceptors (Lipinski definition) is 4. The molecule has 2 aliphatic carbocycles. The smallest absolute Gasteiger partial charge is 0.275 e. The van der Waals surface area contributed by atoms with Crippen molar-refractivity contribution in [1.29, 1.82) is 0 Å². The summed E-state index contributed by atoms with van der Waals surface area (Å²) >= 11 is 0. The number of fused-ring (bicyclic) bond motifs is 2. The quantitative estimate of drug-likeness (QED) is 0.151. The van der Waals surface area contributed by atoms with E-state index < -0.39 is 0 Å². The summed E-state index contributed by atoms with van der Waals surface area (Å²) in [5.74, 6) is 5.15. The fourth-order valence-electron chi connectivity index (χ4n) is 6.32. The first-order chi connectivity index (χ1) is 22.3. The Labute approximate surface area is 277 Å². The van der Waals surface area contributed by atoms with Crippen LogP contribution in [-0.4, -0.2) is 0 Å². The van der Waals surface area contributed by atoms with Crippen molar-refractivity contribution in [3.8, 4) is 22.6 Å². The van der Waals surface area contributed by atoms with Crippen LogP contribution in [-0.2, 0) is 9.05 Å². The van der Waals surface area contributed by atoms with E-state index in [0.717, 1.165) is 68.5 Å². The van der Waals surface area contributed by atoms with E-state index in [2.05, 4.69) is 139 Å². The van der Waals surface area contributed by atoms with Crippen molar-refractivity contribution < 1.29 is 18.1 Å². The molecular formula is C40H44O4P2. The van der Waals surface area contributed by atoms with E-state index in [4.69, 9.17) is 18.1 Å². The van der Waals surface area contributed by atoms with Gasteiger partial charge in [0.2, 0.25) is 0 Å². The number of allylic oxidation sites excluding steroid dienone is 7.